The summed E-state index contributed by atoms with van der Waals surface area (Å²) in [4.78, 5) is 28.3. The predicted octanol–water partition coefficient (Wildman–Crippen LogP) is 3.21. The van der Waals surface area contributed by atoms with Crippen LogP contribution >= 0.6 is 0 Å². The van der Waals surface area contributed by atoms with Crippen LogP contribution in [-0.2, 0) is 17.8 Å². The molecule has 0 spiro atoms. The van der Waals surface area contributed by atoms with E-state index in [4.69, 9.17) is 9.47 Å². The number of nitrogens with zero attached hydrogens (tertiary/aromatic N) is 1. The number of nitrogens with one attached hydrogen (secondary N) is 2. The Labute approximate surface area is 175 Å². The third-order valence-corrected chi connectivity index (χ3v) is 4.44. The van der Waals surface area contributed by atoms with E-state index in [0.717, 1.165) is 11.1 Å². The van der Waals surface area contributed by atoms with Crippen LogP contribution in [0.1, 0.15) is 21.5 Å². The highest BCUT2D eigenvalue weighted by atomic mass is 16.5. The van der Waals surface area contributed by atoms with Crippen molar-refractivity contribution in [3.63, 3.8) is 0 Å². The van der Waals surface area contributed by atoms with Gasteiger partial charge < -0.3 is 20.1 Å². The van der Waals surface area contributed by atoms with Crippen LogP contribution in [0.15, 0.2) is 67.0 Å². The maximum absolute atomic E-state index is 12.3. The molecule has 0 radical (unpaired) electrons. The van der Waals surface area contributed by atoms with Crippen LogP contribution in [0, 0.1) is 0 Å². The average molecular weight is 405 g/mol. The fourth-order valence-electron chi connectivity index (χ4n) is 2.85. The van der Waals surface area contributed by atoms with Crippen LogP contribution < -0.4 is 20.1 Å². The topological polar surface area (TPSA) is 89.6 Å². The van der Waals surface area contributed by atoms with Crippen LogP contribution in [0.3, 0.4) is 0 Å². The van der Waals surface area contributed by atoms with Gasteiger partial charge >= 0.3 is 0 Å². The third kappa shape index (κ3) is 5.57. The first-order valence-electron chi connectivity index (χ1n) is 9.37. The Hall–Kier alpha value is -3.87. The second-order valence-electron chi connectivity index (χ2n) is 6.54. The number of carbonyl (C=O) groups excluding carboxylic acids is 2. The summed E-state index contributed by atoms with van der Waals surface area (Å²) in [7, 11) is 3.13. The fourth-order valence-corrected chi connectivity index (χ4v) is 2.85. The van der Waals surface area contributed by atoms with Crippen LogP contribution in [-0.4, -0.2) is 31.0 Å². The van der Waals surface area contributed by atoms with Crippen molar-refractivity contribution in [3.05, 3.63) is 83.7 Å². The summed E-state index contributed by atoms with van der Waals surface area (Å²) in [6.45, 7) is 0.392. The number of aromatic nitrogens is 1. The summed E-state index contributed by atoms with van der Waals surface area (Å²) >= 11 is 0. The van der Waals surface area contributed by atoms with E-state index in [1.165, 1.54) is 6.20 Å². The van der Waals surface area contributed by atoms with Crippen LogP contribution in [0.2, 0.25) is 0 Å². The normalized spacial score (nSPS) is 10.2. The van der Waals surface area contributed by atoms with E-state index < -0.39 is 0 Å². The number of benzene rings is 2. The second kappa shape index (κ2) is 10.1. The number of carbonyl (C=O) groups is 2. The van der Waals surface area contributed by atoms with Gasteiger partial charge in [-0.2, -0.15) is 0 Å². The number of hydrogen-bond donors (Lipinski definition) is 2. The van der Waals surface area contributed by atoms with Gasteiger partial charge in [-0.15, -0.1) is 0 Å². The number of rotatable bonds is 8. The van der Waals surface area contributed by atoms with E-state index >= 15 is 0 Å². The SMILES string of the molecule is COc1ccc(CC(=O)NCc2ccc(NC(=O)c3cccnc3)cc2)cc1OC. The molecular weight excluding hydrogens is 382 g/mol. The van der Waals surface area contributed by atoms with Crippen molar-refractivity contribution in [3.8, 4) is 11.5 Å². The zero-order valence-electron chi connectivity index (χ0n) is 16.8. The van der Waals surface area contributed by atoms with E-state index in [1.54, 1.807) is 56.8 Å². The molecule has 0 saturated heterocycles. The van der Waals surface area contributed by atoms with E-state index in [9.17, 15) is 9.59 Å². The molecule has 2 aromatic carbocycles. The summed E-state index contributed by atoms with van der Waals surface area (Å²) in [6.07, 6.45) is 3.36. The number of pyridine rings is 1. The van der Waals surface area contributed by atoms with Crippen LogP contribution in [0.5, 0.6) is 11.5 Å². The molecule has 1 heterocycles. The molecule has 2 amide bonds. The lowest BCUT2D eigenvalue weighted by Crippen LogP contribution is -2.24. The molecule has 3 aromatic rings. The summed E-state index contributed by atoms with van der Waals surface area (Å²) < 4.78 is 10.5. The third-order valence-electron chi connectivity index (χ3n) is 4.44. The molecule has 1 aromatic heterocycles. The van der Waals surface area contributed by atoms with Crippen molar-refractivity contribution < 1.29 is 19.1 Å². The highest BCUT2D eigenvalue weighted by molar-refractivity contribution is 6.04. The molecule has 2 N–H and O–H groups in total. The van der Waals surface area contributed by atoms with Crippen molar-refractivity contribution in [2.75, 3.05) is 19.5 Å². The van der Waals surface area contributed by atoms with Gasteiger partial charge in [0, 0.05) is 24.6 Å². The highest BCUT2D eigenvalue weighted by Crippen LogP contribution is 2.27. The largest absolute Gasteiger partial charge is 0.493 e. The first-order valence-corrected chi connectivity index (χ1v) is 9.37. The van der Waals surface area contributed by atoms with E-state index in [2.05, 4.69) is 15.6 Å². The first-order chi connectivity index (χ1) is 14.6. The van der Waals surface area contributed by atoms with Gasteiger partial charge in [-0.1, -0.05) is 18.2 Å². The number of hydrogen-bond acceptors (Lipinski definition) is 5. The highest BCUT2D eigenvalue weighted by Gasteiger charge is 2.09. The van der Waals surface area contributed by atoms with E-state index in [-0.39, 0.29) is 18.2 Å². The minimum Gasteiger partial charge on any atom is -0.493 e. The van der Waals surface area contributed by atoms with Gasteiger partial charge in [0.05, 0.1) is 26.2 Å². The molecule has 0 atom stereocenters. The molecule has 7 nitrogen and oxygen atoms in total. The Kier molecular flexibility index (Phi) is 7.00. The number of amides is 2. The number of ether oxygens (including phenoxy) is 2. The average Bonchev–Trinajstić information content (AvgIpc) is 2.79. The number of anilines is 1. The Bertz CT molecular complexity index is 1000. The van der Waals surface area contributed by atoms with Crippen molar-refractivity contribution in [2.45, 2.75) is 13.0 Å². The van der Waals surface area contributed by atoms with Gasteiger partial charge in [0.1, 0.15) is 0 Å². The Morgan fingerprint density at radius 3 is 2.33 bits per heavy atom. The lowest BCUT2D eigenvalue weighted by molar-refractivity contribution is -0.120. The smallest absolute Gasteiger partial charge is 0.257 e. The lowest BCUT2D eigenvalue weighted by atomic mass is 10.1. The van der Waals surface area contributed by atoms with Crippen molar-refractivity contribution in [1.29, 1.82) is 0 Å². The molecule has 30 heavy (non-hydrogen) atoms. The molecule has 154 valence electrons. The van der Waals surface area contributed by atoms with E-state index in [0.29, 0.717) is 29.3 Å². The van der Waals surface area contributed by atoms with Gasteiger partial charge in [-0.3, -0.25) is 14.6 Å². The lowest BCUT2D eigenvalue weighted by Gasteiger charge is -2.10. The first kappa shape index (κ1) is 20.9. The maximum atomic E-state index is 12.3. The number of methoxy groups -OCH3 is 2. The van der Waals surface area contributed by atoms with Crippen LogP contribution in [0.25, 0.3) is 0 Å². The molecule has 0 aliphatic carbocycles. The predicted molar refractivity (Wildman–Crippen MR) is 114 cm³/mol. The Balaban J connectivity index is 1.51. The molecule has 0 unspecified atom stereocenters. The summed E-state index contributed by atoms with van der Waals surface area (Å²) in [5.74, 6) is 0.888. The molecule has 0 saturated carbocycles. The fraction of sp³-hybridized carbons (Fsp3) is 0.174. The van der Waals surface area contributed by atoms with Crippen LogP contribution in [0.4, 0.5) is 5.69 Å². The summed E-state index contributed by atoms with van der Waals surface area (Å²) in [5.41, 5.74) is 2.92. The molecule has 0 aliphatic heterocycles. The quantitative estimate of drug-likeness (QED) is 0.601. The molecule has 0 bridgehead atoms. The minimum absolute atomic E-state index is 0.101. The Morgan fingerprint density at radius 2 is 1.67 bits per heavy atom. The van der Waals surface area contributed by atoms with Gasteiger partial charge in [0.25, 0.3) is 5.91 Å². The Morgan fingerprint density at radius 1 is 0.933 bits per heavy atom. The molecule has 7 heteroatoms. The summed E-state index contributed by atoms with van der Waals surface area (Å²) in [5, 5.41) is 5.71. The van der Waals surface area contributed by atoms with E-state index in [1.807, 2.05) is 18.2 Å². The van der Waals surface area contributed by atoms with Gasteiger partial charge in [0.15, 0.2) is 11.5 Å². The summed E-state index contributed by atoms with van der Waals surface area (Å²) in [6, 6.07) is 16.1. The minimum atomic E-state index is -0.223. The van der Waals surface area contributed by atoms with Crippen molar-refractivity contribution in [2.24, 2.45) is 0 Å². The monoisotopic (exact) mass is 405 g/mol. The molecular formula is C23H23N3O4. The second-order valence-corrected chi connectivity index (χ2v) is 6.54. The molecule has 0 aliphatic rings. The zero-order valence-corrected chi connectivity index (χ0v) is 16.8. The van der Waals surface area contributed by atoms with Gasteiger partial charge in [-0.05, 0) is 47.5 Å². The maximum Gasteiger partial charge on any atom is 0.257 e. The zero-order chi connectivity index (χ0) is 21.3. The molecule has 3 rings (SSSR count). The van der Waals surface area contributed by atoms with Gasteiger partial charge in [0.2, 0.25) is 5.91 Å². The standard InChI is InChI=1S/C23H23N3O4/c1-29-20-10-7-17(12-21(20)30-2)13-22(27)25-14-16-5-8-19(9-6-16)26-23(28)18-4-3-11-24-15-18/h3-12,15H,13-14H2,1-2H3,(H,25,27)(H,26,28). The molecule has 0 fully saturated rings. The van der Waals surface area contributed by atoms with Gasteiger partial charge in [-0.25, -0.2) is 0 Å². The van der Waals surface area contributed by atoms with Crippen molar-refractivity contribution in [1.82, 2.24) is 10.3 Å². The van der Waals surface area contributed by atoms with Crippen molar-refractivity contribution >= 4 is 17.5 Å².